The van der Waals surface area contributed by atoms with Gasteiger partial charge in [-0.15, -0.1) is 0 Å². The number of rotatable bonds is 4. The molecule has 0 atom stereocenters. The first-order valence-electron chi connectivity index (χ1n) is 3.54. The molecule has 0 saturated carbocycles. The van der Waals surface area contributed by atoms with Crippen LogP contribution in [0.25, 0.3) is 0 Å². The summed E-state index contributed by atoms with van der Waals surface area (Å²) in [5.41, 5.74) is 0. The smallest absolute Gasteiger partial charge is 0.291 e. The van der Waals surface area contributed by atoms with Gasteiger partial charge in [0.25, 0.3) is 0 Å². The van der Waals surface area contributed by atoms with Crippen molar-refractivity contribution in [3.8, 4) is 0 Å². The van der Waals surface area contributed by atoms with Crippen LogP contribution >= 0.6 is 11.6 Å². The topological polar surface area (TPSA) is 17.1 Å². The second-order valence-corrected chi connectivity index (χ2v) is 2.85. The van der Waals surface area contributed by atoms with Gasteiger partial charge >= 0.3 is 5.38 Å². The fourth-order valence-electron chi connectivity index (χ4n) is 0.891. The normalized spacial score (nSPS) is 12.2. The van der Waals surface area contributed by atoms with Gasteiger partial charge in [-0.25, -0.2) is 0 Å². The molecule has 0 N–H and O–H groups in total. The predicted molar refractivity (Wildman–Crippen MR) is 39.9 cm³/mol. The highest BCUT2D eigenvalue weighted by molar-refractivity contribution is 6.32. The van der Waals surface area contributed by atoms with Crippen molar-refractivity contribution in [3.63, 3.8) is 0 Å². The lowest BCUT2D eigenvalue weighted by Crippen LogP contribution is -2.28. The first kappa shape index (κ1) is 10.8. The summed E-state index contributed by atoms with van der Waals surface area (Å²) in [4.78, 5) is 10.7. The molecule has 0 radical (unpaired) electrons. The molecule has 1 nitrogen and oxygen atoms in total. The number of carbonyl (C=O) groups is 1. The standard InChI is InChI=1S/C7H11ClF2O/c1-3-5(4-2)6(11)7(8,9)10/h5H,3-4H2,1-2H3. The SMILES string of the molecule is CCC(CC)C(=O)C(F)(F)Cl. The molecule has 0 aromatic carbocycles. The molecule has 11 heavy (non-hydrogen) atoms. The lowest BCUT2D eigenvalue weighted by atomic mass is 9.98. The number of ketones is 1. The van der Waals surface area contributed by atoms with E-state index in [-0.39, 0.29) is 0 Å². The van der Waals surface area contributed by atoms with Gasteiger partial charge < -0.3 is 0 Å². The van der Waals surface area contributed by atoms with E-state index in [9.17, 15) is 13.6 Å². The number of halogens is 3. The Morgan fingerprint density at radius 1 is 1.45 bits per heavy atom. The molecule has 0 unspecified atom stereocenters. The third-order valence-corrected chi connectivity index (χ3v) is 1.82. The van der Waals surface area contributed by atoms with Crippen LogP contribution in [0.1, 0.15) is 26.7 Å². The van der Waals surface area contributed by atoms with Crippen LogP contribution in [0.15, 0.2) is 0 Å². The molecule has 0 saturated heterocycles. The molecule has 4 heteroatoms. The van der Waals surface area contributed by atoms with Gasteiger partial charge in [0.2, 0.25) is 5.78 Å². The Balaban J connectivity index is 4.22. The quantitative estimate of drug-likeness (QED) is 0.614. The van der Waals surface area contributed by atoms with Crippen LogP contribution in [0.2, 0.25) is 0 Å². The summed E-state index contributed by atoms with van der Waals surface area (Å²) in [5.74, 6) is -1.77. The van der Waals surface area contributed by atoms with Crippen LogP contribution < -0.4 is 0 Å². The Morgan fingerprint density at radius 3 is 1.91 bits per heavy atom. The predicted octanol–water partition coefficient (Wildman–Crippen LogP) is 2.82. The second-order valence-electron chi connectivity index (χ2n) is 2.38. The molecule has 66 valence electrons. The van der Waals surface area contributed by atoms with Gasteiger partial charge in [-0.3, -0.25) is 4.79 Å². The Bertz CT molecular complexity index is 138. The number of alkyl halides is 3. The molecule has 0 bridgehead atoms. The van der Waals surface area contributed by atoms with Crippen LogP contribution in [0, 0.1) is 5.92 Å². The highest BCUT2D eigenvalue weighted by atomic mass is 35.5. The van der Waals surface area contributed by atoms with Gasteiger partial charge in [0.15, 0.2) is 0 Å². The van der Waals surface area contributed by atoms with Gasteiger partial charge in [0.1, 0.15) is 0 Å². The lowest BCUT2D eigenvalue weighted by Gasteiger charge is -2.13. The highest BCUT2D eigenvalue weighted by Crippen LogP contribution is 2.26. The molecule has 0 aliphatic carbocycles. The van der Waals surface area contributed by atoms with E-state index in [1.54, 1.807) is 13.8 Å². The maximum atomic E-state index is 12.2. The third-order valence-electron chi connectivity index (χ3n) is 1.64. The van der Waals surface area contributed by atoms with Gasteiger partial charge in [0.05, 0.1) is 0 Å². The van der Waals surface area contributed by atoms with E-state index in [4.69, 9.17) is 0 Å². The summed E-state index contributed by atoms with van der Waals surface area (Å²) in [6, 6.07) is 0. The van der Waals surface area contributed by atoms with Crippen LogP contribution in [0.4, 0.5) is 8.78 Å². The minimum atomic E-state index is -3.68. The fraction of sp³-hybridized carbons (Fsp3) is 0.857. The summed E-state index contributed by atoms with van der Waals surface area (Å²) < 4.78 is 24.3. The summed E-state index contributed by atoms with van der Waals surface area (Å²) in [5, 5.41) is -3.68. The van der Waals surface area contributed by atoms with Crippen molar-refractivity contribution in [1.82, 2.24) is 0 Å². The van der Waals surface area contributed by atoms with Crippen molar-refractivity contribution in [3.05, 3.63) is 0 Å². The molecular formula is C7H11ClF2O. The average molecular weight is 185 g/mol. The van der Waals surface area contributed by atoms with E-state index < -0.39 is 17.1 Å². The Kier molecular flexibility index (Phi) is 3.93. The van der Waals surface area contributed by atoms with E-state index in [0.29, 0.717) is 12.8 Å². The van der Waals surface area contributed by atoms with Crippen LogP contribution in [-0.2, 0) is 4.79 Å². The molecular weight excluding hydrogens is 174 g/mol. The molecule has 0 aliphatic rings. The van der Waals surface area contributed by atoms with E-state index >= 15 is 0 Å². The average Bonchev–Trinajstić information content (AvgIpc) is 1.88. The molecule has 0 spiro atoms. The fourth-order valence-corrected chi connectivity index (χ4v) is 1.05. The van der Waals surface area contributed by atoms with E-state index in [0.717, 1.165) is 0 Å². The molecule has 0 aromatic heterocycles. The molecule has 0 aromatic rings. The third kappa shape index (κ3) is 3.14. The van der Waals surface area contributed by atoms with Gasteiger partial charge in [-0.1, -0.05) is 13.8 Å². The van der Waals surface area contributed by atoms with Gasteiger partial charge in [-0.2, -0.15) is 8.78 Å². The zero-order valence-corrected chi connectivity index (χ0v) is 7.29. The van der Waals surface area contributed by atoms with Crippen LogP contribution in [0.5, 0.6) is 0 Å². The minimum Gasteiger partial charge on any atom is -0.291 e. The monoisotopic (exact) mass is 184 g/mol. The first-order valence-corrected chi connectivity index (χ1v) is 3.92. The minimum absolute atomic E-state index is 0.414. The molecule has 0 rings (SSSR count). The Morgan fingerprint density at radius 2 is 1.82 bits per heavy atom. The molecule has 0 heterocycles. The van der Waals surface area contributed by atoms with E-state index in [1.807, 2.05) is 0 Å². The second kappa shape index (κ2) is 4.00. The molecule has 0 aliphatic heterocycles. The van der Waals surface area contributed by atoms with Crippen molar-refractivity contribution < 1.29 is 13.6 Å². The summed E-state index contributed by atoms with van der Waals surface area (Å²) in [7, 11) is 0. The van der Waals surface area contributed by atoms with Gasteiger partial charge in [0, 0.05) is 5.92 Å². The summed E-state index contributed by atoms with van der Waals surface area (Å²) >= 11 is 4.55. The molecule has 0 amide bonds. The largest absolute Gasteiger partial charge is 0.380 e. The van der Waals surface area contributed by atoms with Crippen molar-refractivity contribution in [2.45, 2.75) is 32.1 Å². The Labute approximate surface area is 69.7 Å². The number of carbonyl (C=O) groups excluding carboxylic acids is 1. The van der Waals surface area contributed by atoms with Gasteiger partial charge in [-0.05, 0) is 24.4 Å². The first-order chi connectivity index (χ1) is 4.93. The Hall–Kier alpha value is -0.180. The van der Waals surface area contributed by atoms with Crippen molar-refractivity contribution >= 4 is 17.4 Å². The van der Waals surface area contributed by atoms with Crippen LogP contribution in [0.3, 0.4) is 0 Å². The van der Waals surface area contributed by atoms with Crippen LogP contribution in [-0.4, -0.2) is 11.2 Å². The van der Waals surface area contributed by atoms with Crippen molar-refractivity contribution in [1.29, 1.82) is 0 Å². The zero-order chi connectivity index (χ0) is 9.07. The van der Waals surface area contributed by atoms with E-state index in [1.165, 1.54) is 0 Å². The van der Waals surface area contributed by atoms with Crippen molar-refractivity contribution in [2.24, 2.45) is 5.92 Å². The van der Waals surface area contributed by atoms with Crippen molar-refractivity contribution in [2.75, 3.05) is 0 Å². The van der Waals surface area contributed by atoms with E-state index in [2.05, 4.69) is 11.6 Å². The molecule has 0 fully saturated rings. The summed E-state index contributed by atoms with van der Waals surface area (Å²) in [6.45, 7) is 3.38. The zero-order valence-electron chi connectivity index (χ0n) is 6.53. The lowest BCUT2D eigenvalue weighted by molar-refractivity contribution is -0.137. The maximum absolute atomic E-state index is 12.2. The number of Topliss-reactive ketones (excluding diaryl/α,β-unsaturated/α-hetero) is 1. The number of hydrogen-bond acceptors (Lipinski definition) is 1. The highest BCUT2D eigenvalue weighted by Gasteiger charge is 2.39. The maximum Gasteiger partial charge on any atom is 0.380 e. The number of hydrogen-bond donors (Lipinski definition) is 0. The summed E-state index contributed by atoms with van der Waals surface area (Å²) in [6.07, 6.45) is 0.829.